The number of rotatable bonds is 4. The highest BCUT2D eigenvalue weighted by Crippen LogP contribution is 2.41. The summed E-state index contributed by atoms with van der Waals surface area (Å²) in [6, 6.07) is 19.7. The van der Waals surface area contributed by atoms with Gasteiger partial charge in [0.05, 0.1) is 23.0 Å². The van der Waals surface area contributed by atoms with Crippen molar-refractivity contribution in [3.8, 4) is 39.8 Å². The number of carbonyl (C=O) groups is 1. The van der Waals surface area contributed by atoms with E-state index in [2.05, 4.69) is 38.4 Å². The highest BCUT2D eigenvalue weighted by atomic mass is 19.1. The van der Waals surface area contributed by atoms with Gasteiger partial charge in [-0.2, -0.15) is 0 Å². The zero-order valence-corrected chi connectivity index (χ0v) is 21.1. The van der Waals surface area contributed by atoms with Crippen LogP contribution in [0.15, 0.2) is 77.3 Å². The minimum atomic E-state index is -0.372. The molecule has 3 aromatic carbocycles. The number of hydrogen-bond donors (Lipinski definition) is 2. The van der Waals surface area contributed by atoms with Crippen LogP contribution in [-0.4, -0.2) is 34.5 Å². The van der Waals surface area contributed by atoms with Gasteiger partial charge in [-0.25, -0.2) is 14.4 Å². The molecule has 0 radical (unpaired) electrons. The SMILES string of the molecule is CNC(=O)c1c(-c2ccc(F)cc2)oc2cc(NC)c(-c3ncc4c(n3)-c3cc5ccccc5n3CO4)cc12. The summed E-state index contributed by atoms with van der Waals surface area (Å²) in [5.74, 6) is 0.737. The third-order valence-corrected chi connectivity index (χ3v) is 7.06. The lowest BCUT2D eigenvalue weighted by Gasteiger charge is -2.20. The monoisotopic (exact) mass is 519 g/mol. The Labute approximate surface area is 222 Å². The Bertz CT molecular complexity index is 1920. The minimum absolute atomic E-state index is 0.319. The van der Waals surface area contributed by atoms with Crippen LogP contribution in [-0.2, 0) is 6.73 Å². The number of anilines is 1. The molecule has 7 rings (SSSR count). The second-order valence-corrected chi connectivity index (χ2v) is 9.23. The third kappa shape index (κ3) is 3.54. The zero-order chi connectivity index (χ0) is 26.7. The van der Waals surface area contributed by atoms with Crippen molar-refractivity contribution in [1.82, 2.24) is 19.9 Å². The Hall–Kier alpha value is -5.18. The van der Waals surface area contributed by atoms with Crippen LogP contribution >= 0.6 is 0 Å². The van der Waals surface area contributed by atoms with Gasteiger partial charge in [0, 0.05) is 47.7 Å². The summed E-state index contributed by atoms with van der Waals surface area (Å²) >= 11 is 0. The molecule has 3 aromatic heterocycles. The van der Waals surface area contributed by atoms with E-state index in [1.165, 1.54) is 12.1 Å². The van der Waals surface area contributed by atoms with Crippen molar-refractivity contribution in [2.24, 2.45) is 0 Å². The summed E-state index contributed by atoms with van der Waals surface area (Å²) in [6.45, 7) is 0.378. The number of nitrogens with one attached hydrogen (secondary N) is 2. The lowest BCUT2D eigenvalue weighted by Crippen LogP contribution is -2.18. The van der Waals surface area contributed by atoms with Crippen LogP contribution in [0.2, 0.25) is 0 Å². The zero-order valence-electron chi connectivity index (χ0n) is 21.1. The van der Waals surface area contributed by atoms with Crippen molar-refractivity contribution in [3.05, 3.63) is 84.3 Å². The van der Waals surface area contributed by atoms with E-state index in [-0.39, 0.29) is 11.7 Å². The van der Waals surface area contributed by atoms with Crippen molar-refractivity contribution in [1.29, 1.82) is 0 Å². The van der Waals surface area contributed by atoms with Crippen molar-refractivity contribution < 1.29 is 18.3 Å². The molecule has 2 N–H and O–H groups in total. The molecule has 1 amide bonds. The van der Waals surface area contributed by atoms with Gasteiger partial charge >= 0.3 is 0 Å². The van der Waals surface area contributed by atoms with Crippen molar-refractivity contribution in [3.63, 3.8) is 0 Å². The molecule has 192 valence electrons. The number of furan rings is 1. The molecule has 1 aliphatic heterocycles. The maximum absolute atomic E-state index is 13.6. The lowest BCUT2D eigenvalue weighted by molar-refractivity contribution is 0.0964. The average molecular weight is 520 g/mol. The van der Waals surface area contributed by atoms with Crippen LogP contribution < -0.4 is 15.4 Å². The summed E-state index contributed by atoms with van der Waals surface area (Å²) in [6.07, 6.45) is 1.68. The largest absolute Gasteiger partial charge is 0.469 e. The molecule has 6 aromatic rings. The molecule has 1 aliphatic rings. The molecule has 8 nitrogen and oxygen atoms in total. The normalized spacial score (nSPS) is 12.2. The molecule has 0 bridgehead atoms. The summed E-state index contributed by atoms with van der Waals surface area (Å²) in [7, 11) is 3.36. The summed E-state index contributed by atoms with van der Waals surface area (Å²) in [4.78, 5) is 22.6. The predicted molar refractivity (Wildman–Crippen MR) is 147 cm³/mol. The fraction of sp³-hybridized carbons (Fsp3) is 0.100. The van der Waals surface area contributed by atoms with Crippen LogP contribution in [0.5, 0.6) is 5.75 Å². The number of nitrogens with zero attached hydrogens (tertiary/aromatic N) is 3. The van der Waals surface area contributed by atoms with Gasteiger partial charge in [-0.3, -0.25) is 4.79 Å². The number of halogens is 1. The van der Waals surface area contributed by atoms with Gasteiger partial charge < -0.3 is 24.4 Å². The highest BCUT2D eigenvalue weighted by molar-refractivity contribution is 6.12. The van der Waals surface area contributed by atoms with Gasteiger partial charge in [0.25, 0.3) is 5.91 Å². The molecular weight excluding hydrogens is 497 g/mol. The molecule has 0 unspecified atom stereocenters. The van der Waals surface area contributed by atoms with Crippen LogP contribution in [0, 0.1) is 5.82 Å². The average Bonchev–Trinajstić information content (AvgIpc) is 3.54. The quantitative estimate of drug-likeness (QED) is 0.294. The van der Waals surface area contributed by atoms with Gasteiger partial charge in [-0.15, -0.1) is 0 Å². The van der Waals surface area contributed by atoms with Crippen LogP contribution in [0.25, 0.3) is 56.0 Å². The first-order valence-electron chi connectivity index (χ1n) is 12.4. The number of amides is 1. The van der Waals surface area contributed by atoms with Crippen molar-refractivity contribution >= 4 is 33.5 Å². The van der Waals surface area contributed by atoms with E-state index >= 15 is 0 Å². The molecule has 0 saturated heterocycles. The number of ether oxygens (including phenoxy) is 1. The smallest absolute Gasteiger partial charge is 0.255 e. The molecule has 0 aliphatic carbocycles. The number of hydrogen-bond acceptors (Lipinski definition) is 6. The lowest BCUT2D eigenvalue weighted by atomic mass is 10.0. The minimum Gasteiger partial charge on any atom is -0.469 e. The number of fused-ring (bicyclic) bond motifs is 6. The Morgan fingerprint density at radius 2 is 1.87 bits per heavy atom. The number of para-hydroxylation sites is 1. The fourth-order valence-corrected chi connectivity index (χ4v) is 5.16. The third-order valence-electron chi connectivity index (χ3n) is 7.06. The molecule has 0 saturated carbocycles. The van der Waals surface area contributed by atoms with E-state index in [0.717, 1.165) is 22.3 Å². The first-order valence-corrected chi connectivity index (χ1v) is 12.4. The Balaban J connectivity index is 1.43. The maximum atomic E-state index is 13.6. The molecule has 9 heteroatoms. The predicted octanol–water partition coefficient (Wildman–Crippen LogP) is 6.07. The summed E-state index contributed by atoms with van der Waals surface area (Å²) in [5, 5.41) is 7.59. The van der Waals surface area contributed by atoms with Crippen molar-refractivity contribution in [2.75, 3.05) is 19.4 Å². The van der Waals surface area contributed by atoms with Gasteiger partial charge in [-0.05, 0) is 42.5 Å². The molecule has 39 heavy (non-hydrogen) atoms. The maximum Gasteiger partial charge on any atom is 0.255 e. The van der Waals surface area contributed by atoms with Gasteiger partial charge in [0.15, 0.2) is 18.3 Å². The Morgan fingerprint density at radius 1 is 1.05 bits per heavy atom. The van der Waals surface area contributed by atoms with Crippen LogP contribution in [0.3, 0.4) is 0 Å². The first kappa shape index (κ1) is 23.0. The topological polar surface area (TPSA) is 94.2 Å². The van der Waals surface area contributed by atoms with Gasteiger partial charge in [0.2, 0.25) is 0 Å². The second kappa shape index (κ2) is 8.70. The van der Waals surface area contributed by atoms with Gasteiger partial charge in [0.1, 0.15) is 22.9 Å². The van der Waals surface area contributed by atoms with Crippen LogP contribution in [0.4, 0.5) is 10.1 Å². The number of aromatic nitrogens is 3. The first-order chi connectivity index (χ1) is 19.1. The summed E-state index contributed by atoms with van der Waals surface area (Å²) < 4.78 is 27.8. The molecule has 0 fully saturated rings. The number of benzene rings is 3. The second-order valence-electron chi connectivity index (χ2n) is 9.23. The van der Waals surface area contributed by atoms with E-state index in [4.69, 9.17) is 14.1 Å². The van der Waals surface area contributed by atoms with Gasteiger partial charge in [-0.1, -0.05) is 18.2 Å². The fourth-order valence-electron chi connectivity index (χ4n) is 5.16. The molecule has 0 atom stereocenters. The van der Waals surface area contributed by atoms with Crippen LogP contribution in [0.1, 0.15) is 10.4 Å². The molecular formula is C30H22FN5O3. The highest BCUT2D eigenvalue weighted by Gasteiger charge is 2.26. The standard InChI is InChI=1S/C30H22FN5O3/c1-32-21-13-24-20(26(30(37)33-2)28(39-24)16-7-9-18(31)10-8-16)12-19(21)29-34-14-25-27(35-29)23-11-17-5-3-4-6-22(17)36(23)15-38-25/h3-14,32H,15H2,1-2H3,(H,33,37). The Kier molecular flexibility index (Phi) is 5.12. The number of carbonyl (C=O) groups excluding carboxylic acids is 1. The van der Waals surface area contributed by atoms with E-state index < -0.39 is 0 Å². The van der Waals surface area contributed by atoms with E-state index in [9.17, 15) is 9.18 Å². The van der Waals surface area contributed by atoms with E-state index in [0.29, 0.717) is 57.4 Å². The Morgan fingerprint density at radius 3 is 2.67 bits per heavy atom. The van der Waals surface area contributed by atoms with E-state index in [1.54, 1.807) is 32.4 Å². The van der Waals surface area contributed by atoms with Crippen molar-refractivity contribution in [2.45, 2.75) is 6.73 Å². The molecule has 0 spiro atoms. The molecule has 4 heterocycles. The summed E-state index contributed by atoms with van der Waals surface area (Å²) in [5.41, 5.74) is 5.56. The van der Waals surface area contributed by atoms with E-state index in [1.807, 2.05) is 24.3 Å².